The maximum absolute atomic E-state index is 12.8. The van der Waals surface area contributed by atoms with Gasteiger partial charge < -0.3 is 14.6 Å². The number of carbonyl (C=O) groups is 2. The highest BCUT2D eigenvalue weighted by Crippen LogP contribution is 2.42. The minimum atomic E-state index is -1.04. The normalized spacial score (nSPS) is 15.8. The molecule has 0 radical (unpaired) electrons. The summed E-state index contributed by atoms with van der Waals surface area (Å²) in [5, 5.41) is 15.4. The second kappa shape index (κ2) is 8.96. The van der Waals surface area contributed by atoms with Crippen LogP contribution in [0.3, 0.4) is 0 Å². The number of aliphatic carboxylic acids is 1. The van der Waals surface area contributed by atoms with Crippen molar-refractivity contribution >= 4 is 29.2 Å². The van der Waals surface area contributed by atoms with Crippen LogP contribution in [0.5, 0.6) is 11.5 Å². The Kier molecular flexibility index (Phi) is 6.39. The molecule has 7 nitrogen and oxygen atoms in total. The molecule has 1 amide bonds. The molecule has 0 spiro atoms. The molecule has 1 aliphatic rings. The van der Waals surface area contributed by atoms with Crippen LogP contribution >= 0.6 is 11.6 Å². The zero-order chi connectivity index (χ0) is 21.0. The van der Waals surface area contributed by atoms with E-state index in [4.69, 9.17) is 26.2 Å². The zero-order valence-corrected chi connectivity index (χ0v) is 16.8. The number of ether oxygens (including phenoxy) is 2. The fourth-order valence-corrected chi connectivity index (χ4v) is 3.52. The molecular formula is C21H21ClN2O5. The number of hydrazone groups is 1. The number of nitrogens with zero attached hydrogens (tertiary/aromatic N) is 2. The molecule has 0 saturated carbocycles. The standard InChI is InChI=1S/C21H21ClN2O5/c1-28-18-8-4-7-15(21(18)29-2)17-12-16(13-5-3-6-14(22)11-13)23-24(17)19(25)9-10-20(26)27/h3-8,11,17H,9-10,12H2,1-2H3,(H,26,27)/t17-/m0/s1. The first-order valence-electron chi connectivity index (χ1n) is 9.02. The summed E-state index contributed by atoms with van der Waals surface area (Å²) in [5.74, 6) is -0.357. The van der Waals surface area contributed by atoms with Gasteiger partial charge in [-0.15, -0.1) is 0 Å². The molecule has 3 rings (SSSR count). The third-order valence-corrected chi connectivity index (χ3v) is 4.90. The van der Waals surface area contributed by atoms with Crippen LogP contribution in [0, 0.1) is 0 Å². The average molecular weight is 417 g/mol. The molecule has 0 saturated heterocycles. The number of halogens is 1. The van der Waals surface area contributed by atoms with E-state index in [0.29, 0.717) is 28.7 Å². The molecule has 29 heavy (non-hydrogen) atoms. The molecule has 152 valence electrons. The lowest BCUT2D eigenvalue weighted by molar-refractivity contribution is -0.141. The maximum Gasteiger partial charge on any atom is 0.303 e. The second-order valence-corrected chi connectivity index (χ2v) is 6.93. The van der Waals surface area contributed by atoms with Gasteiger partial charge in [0.15, 0.2) is 11.5 Å². The first-order valence-corrected chi connectivity index (χ1v) is 9.40. The van der Waals surface area contributed by atoms with Crippen LogP contribution in [-0.4, -0.2) is 41.9 Å². The number of hydrogen-bond donors (Lipinski definition) is 1. The fraction of sp³-hybridized carbons (Fsp3) is 0.286. The zero-order valence-electron chi connectivity index (χ0n) is 16.1. The van der Waals surface area contributed by atoms with Crippen molar-refractivity contribution in [1.29, 1.82) is 0 Å². The lowest BCUT2D eigenvalue weighted by Crippen LogP contribution is -2.27. The maximum atomic E-state index is 12.8. The van der Waals surface area contributed by atoms with Crippen molar-refractivity contribution in [2.75, 3.05) is 14.2 Å². The SMILES string of the molecule is COc1cccc([C@@H]2CC(c3cccc(Cl)c3)=NN2C(=O)CCC(=O)O)c1OC. The van der Waals surface area contributed by atoms with Crippen LogP contribution in [0.2, 0.25) is 5.02 Å². The fourth-order valence-electron chi connectivity index (χ4n) is 3.33. The van der Waals surface area contributed by atoms with E-state index in [1.54, 1.807) is 25.3 Å². The van der Waals surface area contributed by atoms with Crippen molar-refractivity contribution in [3.63, 3.8) is 0 Å². The number of methoxy groups -OCH3 is 2. The van der Waals surface area contributed by atoms with Crippen molar-refractivity contribution in [2.45, 2.75) is 25.3 Å². The molecule has 1 atom stereocenters. The van der Waals surface area contributed by atoms with Crippen molar-refractivity contribution in [1.82, 2.24) is 5.01 Å². The van der Waals surface area contributed by atoms with Gasteiger partial charge in [0.05, 0.1) is 32.4 Å². The van der Waals surface area contributed by atoms with Gasteiger partial charge in [-0.05, 0) is 23.8 Å². The van der Waals surface area contributed by atoms with Gasteiger partial charge in [-0.25, -0.2) is 5.01 Å². The number of carboxylic acid groups (broad SMARTS) is 1. The van der Waals surface area contributed by atoms with Gasteiger partial charge in [-0.1, -0.05) is 35.9 Å². The van der Waals surface area contributed by atoms with Crippen LogP contribution in [0.4, 0.5) is 0 Å². The summed E-state index contributed by atoms with van der Waals surface area (Å²) in [6.07, 6.45) is 0.0203. The minimum Gasteiger partial charge on any atom is -0.493 e. The summed E-state index contributed by atoms with van der Waals surface area (Å²) in [7, 11) is 3.07. The molecule has 0 fully saturated rings. The Morgan fingerprint density at radius 1 is 1.17 bits per heavy atom. The van der Waals surface area contributed by atoms with Crippen molar-refractivity contribution in [3.8, 4) is 11.5 Å². The summed E-state index contributed by atoms with van der Waals surface area (Å²) in [6, 6.07) is 12.2. The number of amides is 1. The molecule has 2 aromatic carbocycles. The molecule has 0 unspecified atom stereocenters. The lowest BCUT2D eigenvalue weighted by atomic mass is 9.97. The summed E-state index contributed by atoms with van der Waals surface area (Å²) in [4.78, 5) is 23.7. The average Bonchev–Trinajstić information content (AvgIpc) is 3.16. The Bertz CT molecular complexity index is 960. The monoisotopic (exact) mass is 416 g/mol. The number of carbonyl (C=O) groups excluding carboxylic acids is 1. The Balaban J connectivity index is 2.01. The molecule has 1 aliphatic heterocycles. The van der Waals surface area contributed by atoms with Gasteiger partial charge >= 0.3 is 5.97 Å². The van der Waals surface area contributed by atoms with E-state index in [2.05, 4.69) is 5.10 Å². The van der Waals surface area contributed by atoms with E-state index in [1.807, 2.05) is 24.3 Å². The van der Waals surface area contributed by atoms with Crippen LogP contribution < -0.4 is 9.47 Å². The predicted molar refractivity (Wildman–Crippen MR) is 109 cm³/mol. The van der Waals surface area contributed by atoms with Gasteiger partial charge in [0.25, 0.3) is 0 Å². The molecule has 1 heterocycles. The molecular weight excluding hydrogens is 396 g/mol. The van der Waals surface area contributed by atoms with Crippen LogP contribution in [0.1, 0.15) is 36.4 Å². The third kappa shape index (κ3) is 4.51. The summed E-state index contributed by atoms with van der Waals surface area (Å²) < 4.78 is 10.9. The molecule has 0 aliphatic carbocycles. The Hall–Kier alpha value is -3.06. The van der Waals surface area contributed by atoms with E-state index >= 15 is 0 Å². The van der Waals surface area contributed by atoms with Crippen LogP contribution in [0.15, 0.2) is 47.6 Å². The smallest absolute Gasteiger partial charge is 0.303 e. The Morgan fingerprint density at radius 2 is 1.93 bits per heavy atom. The summed E-state index contributed by atoms with van der Waals surface area (Å²) >= 11 is 6.11. The minimum absolute atomic E-state index is 0.148. The number of rotatable bonds is 7. The largest absolute Gasteiger partial charge is 0.493 e. The molecule has 2 aromatic rings. The van der Waals surface area contributed by atoms with E-state index in [9.17, 15) is 9.59 Å². The Labute approximate surface area is 173 Å². The van der Waals surface area contributed by atoms with Gasteiger partial charge in [-0.3, -0.25) is 9.59 Å². The van der Waals surface area contributed by atoms with Gasteiger partial charge in [0.2, 0.25) is 5.91 Å². The van der Waals surface area contributed by atoms with Crippen molar-refractivity contribution < 1.29 is 24.2 Å². The third-order valence-electron chi connectivity index (χ3n) is 4.67. The summed E-state index contributed by atoms with van der Waals surface area (Å²) in [6.45, 7) is 0. The molecule has 0 aromatic heterocycles. The Morgan fingerprint density at radius 3 is 2.59 bits per heavy atom. The highest BCUT2D eigenvalue weighted by atomic mass is 35.5. The number of benzene rings is 2. The quantitative estimate of drug-likeness (QED) is 0.739. The van der Waals surface area contributed by atoms with Gasteiger partial charge in [0.1, 0.15) is 0 Å². The number of carboxylic acids is 1. The van der Waals surface area contributed by atoms with Crippen LogP contribution in [0.25, 0.3) is 0 Å². The highest BCUT2D eigenvalue weighted by Gasteiger charge is 2.35. The van der Waals surface area contributed by atoms with Crippen molar-refractivity contribution in [2.24, 2.45) is 5.10 Å². The predicted octanol–water partition coefficient (Wildman–Crippen LogP) is 3.90. The van der Waals surface area contributed by atoms with Gasteiger partial charge in [-0.2, -0.15) is 5.10 Å². The van der Waals surface area contributed by atoms with E-state index in [-0.39, 0.29) is 18.7 Å². The second-order valence-electron chi connectivity index (χ2n) is 6.49. The lowest BCUT2D eigenvalue weighted by Gasteiger charge is -2.24. The first kappa shape index (κ1) is 20.7. The summed E-state index contributed by atoms with van der Waals surface area (Å²) in [5.41, 5.74) is 2.22. The van der Waals surface area contributed by atoms with E-state index in [0.717, 1.165) is 11.1 Å². The molecule has 0 bridgehead atoms. The van der Waals surface area contributed by atoms with E-state index < -0.39 is 12.0 Å². The van der Waals surface area contributed by atoms with Gasteiger partial charge in [0, 0.05) is 23.4 Å². The van der Waals surface area contributed by atoms with Crippen LogP contribution in [-0.2, 0) is 9.59 Å². The highest BCUT2D eigenvalue weighted by molar-refractivity contribution is 6.31. The molecule has 8 heteroatoms. The van der Waals surface area contributed by atoms with Crippen molar-refractivity contribution in [3.05, 3.63) is 58.6 Å². The first-order chi connectivity index (χ1) is 13.9. The van der Waals surface area contributed by atoms with E-state index in [1.165, 1.54) is 12.1 Å². The number of hydrogen-bond acceptors (Lipinski definition) is 5. The number of para-hydroxylation sites is 1. The topological polar surface area (TPSA) is 88.4 Å². The molecule has 1 N–H and O–H groups in total.